The molecule has 0 aliphatic carbocycles. The van der Waals surface area contributed by atoms with E-state index < -0.39 is 40.7 Å². The summed E-state index contributed by atoms with van der Waals surface area (Å²) in [6, 6.07) is 98.3. The van der Waals surface area contributed by atoms with E-state index >= 15 is 0 Å². The number of aromatic nitrogens is 6. The second-order valence-electron chi connectivity index (χ2n) is 30.2. The molecular weight excluding hydrogens is 1700 g/mol. The summed E-state index contributed by atoms with van der Waals surface area (Å²) >= 11 is 0. The van der Waals surface area contributed by atoms with Gasteiger partial charge in [0, 0.05) is 178 Å². The molecule has 134 heavy (non-hydrogen) atoms. The summed E-state index contributed by atoms with van der Waals surface area (Å²) in [4.78, 5) is 102. The predicted octanol–water partition coefficient (Wildman–Crippen LogP) is 18.0. The number of ether oxygens (including phenoxy) is 1. The van der Waals surface area contributed by atoms with Crippen LogP contribution in [0.5, 0.6) is 5.75 Å². The van der Waals surface area contributed by atoms with Gasteiger partial charge in [0.1, 0.15) is 11.6 Å². The summed E-state index contributed by atoms with van der Waals surface area (Å²) < 4.78 is 30.9. The van der Waals surface area contributed by atoms with Gasteiger partial charge in [0.05, 0.1) is 23.2 Å². The lowest BCUT2D eigenvalue weighted by atomic mass is 10.1. The highest BCUT2D eigenvalue weighted by Gasteiger charge is 2.15. The maximum absolute atomic E-state index is 13.0. The molecule has 12 N–H and O–H groups in total. The Morgan fingerprint density at radius 2 is 0.537 bits per heavy atom. The molecule has 18 rings (SSSR count). The van der Waals surface area contributed by atoms with Crippen LogP contribution in [0.15, 0.2) is 371 Å². The molecule has 0 spiro atoms. The molecule has 0 saturated carbocycles. The number of carbonyl (C=O) groups excluding carboxylic acids is 6. The number of fused-ring (bicyclic) bond motifs is 6. The van der Waals surface area contributed by atoms with Crippen LogP contribution in [0.3, 0.4) is 0 Å². The van der Waals surface area contributed by atoms with Gasteiger partial charge in [-0.2, -0.15) is 35.4 Å². The van der Waals surface area contributed by atoms with Crippen LogP contribution in [0.25, 0.3) is 89.7 Å². The van der Waals surface area contributed by atoms with E-state index in [-0.39, 0.29) is 11.5 Å². The quantitative estimate of drug-likeness (QED) is 0.0186. The highest BCUT2D eigenvalue weighted by Crippen LogP contribution is 2.28. The van der Waals surface area contributed by atoms with Gasteiger partial charge in [0.2, 0.25) is 0 Å². The molecule has 6 heterocycles. The molecule has 0 amide bonds. The van der Waals surface area contributed by atoms with Crippen molar-refractivity contribution in [1.29, 1.82) is 0 Å². The molecule has 0 aliphatic rings. The van der Waals surface area contributed by atoms with Crippen molar-refractivity contribution in [3.8, 4) is 5.75 Å². The van der Waals surface area contributed by atoms with Gasteiger partial charge >= 0.3 is 35.8 Å². The predicted molar refractivity (Wildman–Crippen MR) is 515 cm³/mol. The second kappa shape index (κ2) is 46.5. The molecule has 0 aliphatic heterocycles. The Morgan fingerprint density at radius 1 is 0.299 bits per heavy atom. The average Bonchev–Trinajstić information content (AvgIpc) is 1.66. The topological polar surface area (TPSA) is 396 Å². The summed E-state index contributed by atoms with van der Waals surface area (Å²) in [7, 11) is 1.66. The zero-order valence-electron chi connectivity index (χ0n) is 72.4. The Hall–Kier alpha value is -17.5. The standard InChI is InChI=1S/C19H18N2O3.C18H15FN2O2.C18H15N3O4.C18H16N2O2.2C16H14N2O2/c1-23-17-6-2-15(3-7-17)13-21-11-10-16-12-14(4-8-18(16)21)5-9-19(22)24-20;19-16-5-1-14(2-6-16)12-21-10-9-15-11-13(3-7-17(15)21)4-8-18(22)23-20;19-25-18(22)8-4-13-3-7-17-15(11-13)9-10-20(17)12-14-1-5-16(6-2-14)21(23)24;19-22-18(21)9-7-14-6-8-17-16(12-14)10-11-20(17)13-15-4-2-1-3-5-15;2*17-20-16(19)14-6-7-15-13(10-14)8-9-18(15)11-12-4-2-1-3-5-12/h2-12H,13,20H2,1H3;1-11H,12,20H2;1-11H,12,19H2;1-12H,13,19H2;2*1-10H,11,17H2/b9-5+;2*8-4+;9-7+;;. The van der Waals surface area contributed by atoms with Crippen molar-refractivity contribution in [2.75, 3.05) is 7.11 Å². The second-order valence-corrected chi connectivity index (χ2v) is 30.2. The number of halogens is 1. The molecule has 0 fully saturated rings. The average molecular weight is 1790 g/mol. The highest BCUT2D eigenvalue weighted by molar-refractivity contribution is 5.97. The molecule has 18 aromatic rings. The van der Waals surface area contributed by atoms with E-state index in [2.05, 4.69) is 129 Å². The summed E-state index contributed by atoms with van der Waals surface area (Å²) in [6.45, 7) is 4.48. The Bertz CT molecular complexity index is 7110. The molecule has 0 atom stereocenters. The lowest BCUT2D eigenvalue weighted by molar-refractivity contribution is -0.384. The highest BCUT2D eigenvalue weighted by atomic mass is 19.1. The Kier molecular flexibility index (Phi) is 32.7. The first-order valence-electron chi connectivity index (χ1n) is 41.7. The minimum absolute atomic E-state index is 0.0774. The molecule has 0 unspecified atom stereocenters. The molecule has 0 bridgehead atoms. The SMILES string of the molecule is COc1ccc(Cn2ccc3cc(/C=C/C(=O)ON)ccc32)cc1.NOC(=O)/C=C/c1ccc2c(ccn2Cc2ccc(F)cc2)c1.NOC(=O)/C=C/c1ccc2c(ccn2Cc2ccc([N+](=O)[O-])cc2)c1.NOC(=O)/C=C/c1ccc2c(ccn2Cc2ccccc2)c1.NOC(=O)c1ccc2c(ccn2Cc2ccccc2)c1.NOC(=O)c1ccc2c(ccn2Cc2ccccc2)c1. The summed E-state index contributed by atoms with van der Waals surface area (Å²) in [5.41, 5.74) is 18.0. The third kappa shape index (κ3) is 26.0. The Labute approximate surface area is 767 Å². The zero-order valence-corrected chi connectivity index (χ0v) is 72.4. The number of non-ortho nitro benzene ring substituents is 1. The van der Waals surface area contributed by atoms with Crippen molar-refractivity contribution in [1.82, 2.24) is 27.4 Å². The fourth-order valence-corrected chi connectivity index (χ4v) is 14.7. The Morgan fingerprint density at radius 3 is 0.784 bits per heavy atom. The molecule has 28 nitrogen and oxygen atoms in total. The van der Waals surface area contributed by atoms with Crippen molar-refractivity contribution >= 4 is 131 Å². The van der Waals surface area contributed by atoms with Gasteiger partial charge in [-0.1, -0.05) is 152 Å². The maximum atomic E-state index is 13.0. The van der Waals surface area contributed by atoms with E-state index in [0.29, 0.717) is 24.2 Å². The van der Waals surface area contributed by atoms with E-state index in [1.54, 1.807) is 79.9 Å². The maximum Gasteiger partial charge on any atom is 0.356 e. The Balaban J connectivity index is 0.000000137. The van der Waals surface area contributed by atoms with Crippen molar-refractivity contribution in [2.24, 2.45) is 35.4 Å². The molecule has 12 aromatic carbocycles. The van der Waals surface area contributed by atoms with Crippen molar-refractivity contribution in [2.45, 2.75) is 39.3 Å². The van der Waals surface area contributed by atoms with Crippen molar-refractivity contribution in [3.63, 3.8) is 0 Å². The number of nitrogens with two attached hydrogens (primary N) is 6. The first-order valence-corrected chi connectivity index (χ1v) is 41.7. The molecule has 29 heteroatoms. The van der Waals surface area contributed by atoms with Gasteiger partial charge < -0.3 is 61.2 Å². The summed E-state index contributed by atoms with van der Waals surface area (Å²) in [6.07, 6.45) is 23.8. The van der Waals surface area contributed by atoms with Crippen LogP contribution in [0.1, 0.15) is 76.4 Å². The fraction of sp³-hybridized carbons (Fsp3) is 0.0667. The fourth-order valence-electron chi connectivity index (χ4n) is 14.7. The first-order chi connectivity index (χ1) is 65.2. The largest absolute Gasteiger partial charge is 0.497 e. The van der Waals surface area contributed by atoms with Gasteiger partial charge in [-0.25, -0.2) is 33.2 Å². The number of nitrogens with zero attached hydrogens (tertiary/aromatic N) is 7. The summed E-state index contributed by atoms with van der Waals surface area (Å²) in [5.74, 6) is 26.2. The van der Waals surface area contributed by atoms with Crippen molar-refractivity contribution in [3.05, 3.63) is 454 Å². The van der Waals surface area contributed by atoms with E-state index in [1.807, 2.05) is 201 Å². The van der Waals surface area contributed by atoms with Gasteiger partial charge in [0.25, 0.3) is 5.69 Å². The number of nitro benzene ring substituents is 1. The van der Waals surface area contributed by atoms with Gasteiger partial charge in [0.15, 0.2) is 0 Å². The number of nitro groups is 1. The van der Waals surface area contributed by atoms with Crippen LogP contribution in [0.2, 0.25) is 0 Å². The molecule has 6 aromatic heterocycles. The molecule has 0 radical (unpaired) electrons. The molecule has 674 valence electrons. The number of hydrogen-bond donors (Lipinski definition) is 6. The van der Waals surface area contributed by atoms with Crippen LogP contribution in [-0.2, 0) is 87.5 Å². The van der Waals surface area contributed by atoms with E-state index in [1.165, 1.54) is 70.8 Å². The summed E-state index contributed by atoms with van der Waals surface area (Å²) in [5, 5.41) is 17.0. The van der Waals surface area contributed by atoms with Crippen LogP contribution in [-0.4, -0.2) is 75.3 Å². The number of benzene rings is 12. The molecule has 0 saturated heterocycles. The van der Waals surface area contributed by atoms with E-state index in [4.69, 9.17) is 40.1 Å². The van der Waals surface area contributed by atoms with E-state index in [9.17, 15) is 43.3 Å². The van der Waals surface area contributed by atoms with Crippen LogP contribution in [0, 0.1) is 15.9 Å². The number of hydrogen-bond acceptors (Lipinski definition) is 21. The molecular formula is C105H92FN13O15. The minimum atomic E-state index is -0.615. The van der Waals surface area contributed by atoms with Crippen LogP contribution < -0.4 is 40.1 Å². The first kappa shape index (κ1) is 94.2. The lowest BCUT2D eigenvalue weighted by Gasteiger charge is -2.07. The van der Waals surface area contributed by atoms with Crippen molar-refractivity contribution < 1.29 is 71.8 Å². The van der Waals surface area contributed by atoms with Gasteiger partial charge in [-0.3, -0.25) is 10.1 Å². The van der Waals surface area contributed by atoms with Crippen LogP contribution in [0.4, 0.5) is 10.1 Å². The normalized spacial score (nSPS) is 11.0. The van der Waals surface area contributed by atoms with Crippen LogP contribution >= 0.6 is 0 Å². The number of methoxy groups -OCH3 is 1. The third-order valence-corrected chi connectivity index (χ3v) is 21.4. The minimum Gasteiger partial charge on any atom is -0.497 e. The lowest BCUT2D eigenvalue weighted by Crippen LogP contribution is -2.09. The van der Waals surface area contributed by atoms with E-state index in [0.717, 1.165) is 131 Å². The zero-order chi connectivity index (χ0) is 94.2. The van der Waals surface area contributed by atoms with Gasteiger partial charge in [-0.15, -0.1) is 0 Å². The third-order valence-electron chi connectivity index (χ3n) is 21.4. The van der Waals surface area contributed by atoms with Gasteiger partial charge in [-0.05, 0) is 226 Å². The smallest absolute Gasteiger partial charge is 0.356 e. The monoisotopic (exact) mass is 1790 g/mol. The number of carbonyl (C=O) groups is 6. The number of rotatable bonds is 24.